The van der Waals surface area contributed by atoms with E-state index in [1.165, 1.54) is 12.1 Å². The molecule has 3 aromatic rings. The number of pyridine rings is 1. The monoisotopic (exact) mass is 255 g/mol. The van der Waals surface area contributed by atoms with Crippen molar-refractivity contribution in [2.24, 2.45) is 0 Å². The van der Waals surface area contributed by atoms with Crippen LogP contribution >= 0.6 is 0 Å². The predicted octanol–water partition coefficient (Wildman–Crippen LogP) is 3.87. The Balaban J connectivity index is 1.94. The van der Waals surface area contributed by atoms with E-state index in [1.54, 1.807) is 24.3 Å². The first-order valence-electron chi connectivity index (χ1n) is 5.73. The van der Waals surface area contributed by atoms with E-state index in [1.807, 2.05) is 12.1 Å². The summed E-state index contributed by atoms with van der Waals surface area (Å²) in [6, 6.07) is 13.3. The normalized spacial score (nSPS) is 10.6. The molecule has 0 spiro atoms. The lowest BCUT2D eigenvalue weighted by molar-refractivity contribution is 0.460. The van der Waals surface area contributed by atoms with Crippen molar-refractivity contribution in [3.05, 3.63) is 60.5 Å². The van der Waals surface area contributed by atoms with Gasteiger partial charge in [0.05, 0.1) is 6.20 Å². The van der Waals surface area contributed by atoms with Crippen LogP contribution in [0.4, 0.5) is 4.39 Å². The number of hydrogen-bond donors (Lipinski definition) is 1. The fourth-order valence-corrected chi connectivity index (χ4v) is 1.82. The number of aromatic hydroxyl groups is 1. The van der Waals surface area contributed by atoms with Crippen LogP contribution in [0, 0.1) is 5.82 Å². The highest BCUT2D eigenvalue weighted by Crippen LogP contribution is 2.26. The summed E-state index contributed by atoms with van der Waals surface area (Å²) in [6.45, 7) is 0. The fourth-order valence-electron chi connectivity index (χ4n) is 1.82. The summed E-state index contributed by atoms with van der Waals surface area (Å²) >= 11 is 0. The van der Waals surface area contributed by atoms with E-state index in [2.05, 4.69) is 4.98 Å². The van der Waals surface area contributed by atoms with Crippen molar-refractivity contribution < 1.29 is 14.2 Å². The van der Waals surface area contributed by atoms with Crippen LogP contribution in [0.15, 0.2) is 54.7 Å². The van der Waals surface area contributed by atoms with E-state index in [0.717, 1.165) is 17.0 Å². The third kappa shape index (κ3) is 2.47. The number of phenolic OH excluding ortho intramolecular Hbond substituents is 1. The van der Waals surface area contributed by atoms with Crippen molar-refractivity contribution in [3.63, 3.8) is 0 Å². The van der Waals surface area contributed by atoms with Crippen molar-refractivity contribution >= 4 is 10.8 Å². The van der Waals surface area contributed by atoms with Crippen molar-refractivity contribution in [1.82, 2.24) is 4.98 Å². The smallest absolute Gasteiger partial charge is 0.219 e. The average Bonchev–Trinajstić information content (AvgIpc) is 2.41. The quantitative estimate of drug-likeness (QED) is 0.755. The molecule has 0 saturated carbocycles. The molecule has 1 N–H and O–H groups in total. The first kappa shape index (κ1) is 11.5. The first-order valence-corrected chi connectivity index (χ1v) is 5.73. The molecule has 0 atom stereocenters. The zero-order chi connectivity index (χ0) is 13.2. The summed E-state index contributed by atoms with van der Waals surface area (Å²) in [4.78, 5) is 3.82. The van der Waals surface area contributed by atoms with Gasteiger partial charge in [0, 0.05) is 6.07 Å². The zero-order valence-electron chi connectivity index (χ0n) is 9.88. The van der Waals surface area contributed by atoms with Crippen LogP contribution in [0.25, 0.3) is 10.8 Å². The predicted molar refractivity (Wildman–Crippen MR) is 69.9 cm³/mol. The lowest BCUT2D eigenvalue weighted by Gasteiger charge is -2.06. The molecule has 0 aliphatic rings. The van der Waals surface area contributed by atoms with Gasteiger partial charge in [0.1, 0.15) is 17.3 Å². The van der Waals surface area contributed by atoms with Gasteiger partial charge < -0.3 is 9.84 Å². The maximum Gasteiger partial charge on any atom is 0.219 e. The van der Waals surface area contributed by atoms with Gasteiger partial charge in [0.15, 0.2) is 0 Å². The number of ether oxygens (including phenoxy) is 1. The summed E-state index contributed by atoms with van der Waals surface area (Å²) in [5, 5.41) is 11.3. The van der Waals surface area contributed by atoms with Gasteiger partial charge in [-0.1, -0.05) is 12.1 Å². The number of rotatable bonds is 2. The van der Waals surface area contributed by atoms with E-state index in [-0.39, 0.29) is 5.75 Å². The molecule has 0 radical (unpaired) electrons. The molecule has 1 heterocycles. The fraction of sp³-hybridized carbons (Fsp3) is 0. The van der Waals surface area contributed by atoms with E-state index in [4.69, 9.17) is 4.74 Å². The Morgan fingerprint density at radius 1 is 0.947 bits per heavy atom. The molecule has 3 nitrogen and oxygen atoms in total. The molecule has 0 fully saturated rings. The van der Waals surface area contributed by atoms with Crippen molar-refractivity contribution in [2.45, 2.75) is 0 Å². The molecular formula is C15H10FNO2. The Morgan fingerprint density at radius 2 is 1.79 bits per heavy atom. The SMILES string of the molecule is Oc1ccc2ccc(Oc3ccc(F)cn3)cc2c1. The van der Waals surface area contributed by atoms with E-state index < -0.39 is 5.82 Å². The lowest BCUT2D eigenvalue weighted by atomic mass is 10.1. The molecule has 0 saturated heterocycles. The van der Waals surface area contributed by atoms with Crippen LogP contribution in [-0.2, 0) is 0 Å². The lowest BCUT2D eigenvalue weighted by Crippen LogP contribution is -1.88. The topological polar surface area (TPSA) is 42.4 Å². The minimum absolute atomic E-state index is 0.199. The number of benzene rings is 2. The summed E-state index contributed by atoms with van der Waals surface area (Å²) in [6.07, 6.45) is 1.10. The molecular weight excluding hydrogens is 245 g/mol. The van der Waals surface area contributed by atoms with Crippen molar-refractivity contribution in [2.75, 3.05) is 0 Å². The standard InChI is InChI=1S/C15H10FNO2/c16-12-3-6-15(17-9-12)19-14-5-2-10-1-4-13(18)7-11(10)8-14/h1-9,18H. The minimum atomic E-state index is -0.407. The van der Waals surface area contributed by atoms with E-state index >= 15 is 0 Å². The molecule has 0 aliphatic carbocycles. The molecule has 19 heavy (non-hydrogen) atoms. The second-order valence-corrected chi connectivity index (χ2v) is 4.11. The highest BCUT2D eigenvalue weighted by molar-refractivity contribution is 5.85. The second-order valence-electron chi connectivity index (χ2n) is 4.11. The van der Waals surface area contributed by atoms with Crippen molar-refractivity contribution in [3.8, 4) is 17.4 Å². The summed E-state index contributed by atoms with van der Waals surface area (Å²) in [5.41, 5.74) is 0. The van der Waals surface area contributed by atoms with Gasteiger partial charge in [-0.3, -0.25) is 0 Å². The Morgan fingerprint density at radius 3 is 2.58 bits per heavy atom. The van der Waals surface area contributed by atoms with Gasteiger partial charge in [0.25, 0.3) is 0 Å². The van der Waals surface area contributed by atoms with Crippen LogP contribution in [0.5, 0.6) is 17.4 Å². The maximum absolute atomic E-state index is 12.7. The van der Waals surface area contributed by atoms with E-state index in [0.29, 0.717) is 11.6 Å². The van der Waals surface area contributed by atoms with Gasteiger partial charge in [-0.15, -0.1) is 0 Å². The molecule has 0 aliphatic heterocycles. The first-order chi connectivity index (χ1) is 9.20. The van der Waals surface area contributed by atoms with Crippen LogP contribution in [0.3, 0.4) is 0 Å². The average molecular weight is 255 g/mol. The number of aromatic nitrogens is 1. The van der Waals surface area contributed by atoms with Crippen molar-refractivity contribution in [1.29, 1.82) is 0 Å². The third-order valence-electron chi connectivity index (χ3n) is 2.72. The molecule has 0 unspecified atom stereocenters. The van der Waals surface area contributed by atoms with Crippen LogP contribution in [-0.4, -0.2) is 10.1 Å². The van der Waals surface area contributed by atoms with Gasteiger partial charge >= 0.3 is 0 Å². The second kappa shape index (κ2) is 4.57. The molecule has 4 heteroatoms. The largest absolute Gasteiger partial charge is 0.508 e. The molecule has 1 aromatic heterocycles. The number of hydrogen-bond acceptors (Lipinski definition) is 3. The van der Waals surface area contributed by atoms with Gasteiger partial charge in [-0.25, -0.2) is 9.37 Å². The third-order valence-corrected chi connectivity index (χ3v) is 2.72. The molecule has 0 bridgehead atoms. The minimum Gasteiger partial charge on any atom is -0.508 e. The van der Waals surface area contributed by atoms with E-state index in [9.17, 15) is 9.50 Å². The Kier molecular flexibility index (Phi) is 2.76. The number of fused-ring (bicyclic) bond motifs is 1. The highest BCUT2D eigenvalue weighted by Gasteiger charge is 2.02. The summed E-state index contributed by atoms with van der Waals surface area (Å²) in [5.74, 6) is 0.693. The maximum atomic E-state index is 12.7. The van der Waals surface area contributed by atoms with Gasteiger partial charge in [0.2, 0.25) is 5.88 Å². The Bertz CT molecular complexity index is 726. The van der Waals surface area contributed by atoms with Crippen LogP contribution in [0.2, 0.25) is 0 Å². The molecule has 2 aromatic carbocycles. The summed E-state index contributed by atoms with van der Waals surface area (Å²) < 4.78 is 18.3. The number of halogens is 1. The zero-order valence-corrected chi connectivity index (χ0v) is 9.88. The van der Waals surface area contributed by atoms with Crippen LogP contribution < -0.4 is 4.74 Å². The van der Waals surface area contributed by atoms with Crippen LogP contribution in [0.1, 0.15) is 0 Å². The molecule has 3 rings (SSSR count). The molecule has 0 amide bonds. The number of nitrogens with zero attached hydrogens (tertiary/aromatic N) is 1. The summed E-state index contributed by atoms with van der Waals surface area (Å²) in [7, 11) is 0. The Labute approximate surface area is 108 Å². The highest BCUT2D eigenvalue weighted by atomic mass is 19.1. The molecule has 94 valence electrons. The van der Waals surface area contributed by atoms with Gasteiger partial charge in [-0.2, -0.15) is 0 Å². The van der Waals surface area contributed by atoms with Gasteiger partial charge in [-0.05, 0) is 41.1 Å². The Hall–Kier alpha value is -2.62. The number of phenols is 1.